The van der Waals surface area contributed by atoms with Gasteiger partial charge in [0.25, 0.3) is 0 Å². The molecule has 0 spiro atoms. The predicted molar refractivity (Wildman–Crippen MR) is 266 cm³/mol. The maximum atomic E-state index is 6.56. The molecule has 1 unspecified atom stereocenters. The Hall–Kier alpha value is -8.28. The summed E-state index contributed by atoms with van der Waals surface area (Å²) in [5.74, 6) is 0.779. The molecule has 304 valence electrons. The first-order valence-electron chi connectivity index (χ1n) is 21.8. The van der Waals surface area contributed by atoms with Crippen LogP contribution in [0.15, 0.2) is 213 Å². The van der Waals surface area contributed by atoms with Crippen LogP contribution >= 0.6 is 0 Å². The molecule has 1 aliphatic rings. The van der Waals surface area contributed by atoms with E-state index in [1.54, 1.807) is 0 Å². The fraction of sp³-hybridized carbons (Fsp3) is 0.0508. The highest BCUT2D eigenvalue weighted by Crippen LogP contribution is 2.40. The predicted octanol–water partition coefficient (Wildman–Crippen LogP) is 13.8. The van der Waals surface area contributed by atoms with Gasteiger partial charge in [-0.25, -0.2) is 9.98 Å². The minimum atomic E-state index is 0.164. The largest absolute Gasteiger partial charge is 0.456 e. The molecule has 0 radical (unpaired) electrons. The van der Waals surface area contributed by atoms with Gasteiger partial charge >= 0.3 is 0 Å². The number of rotatable bonds is 7. The maximum Gasteiger partial charge on any atom is 0.160 e. The Balaban J connectivity index is 0.956. The first-order chi connectivity index (χ1) is 31.6. The molecule has 3 heterocycles. The quantitative estimate of drug-likeness (QED) is 0.119. The molecule has 1 atom stereocenters. The van der Waals surface area contributed by atoms with Crippen LogP contribution in [0, 0.1) is 0 Å². The number of para-hydroxylation sites is 2. The average molecular weight is 824 g/mol. The number of hydrogen-bond donors (Lipinski definition) is 0. The number of fused-ring (bicyclic) bond motifs is 10. The van der Waals surface area contributed by atoms with Gasteiger partial charge in [-0.2, -0.15) is 0 Å². The second kappa shape index (κ2) is 15.3. The Labute approximate surface area is 369 Å². The molecule has 3 aromatic heterocycles. The van der Waals surface area contributed by atoms with Crippen molar-refractivity contribution in [3.8, 4) is 16.8 Å². The van der Waals surface area contributed by atoms with Crippen molar-refractivity contribution in [1.82, 2.24) is 4.57 Å². The molecule has 5 heteroatoms. The average Bonchev–Trinajstić information content (AvgIpc) is 4.03. The van der Waals surface area contributed by atoms with E-state index < -0.39 is 0 Å². The van der Waals surface area contributed by atoms with Gasteiger partial charge in [0.2, 0.25) is 0 Å². The van der Waals surface area contributed by atoms with Crippen LogP contribution in [0.3, 0.4) is 0 Å². The Kier molecular flexibility index (Phi) is 8.94. The third kappa shape index (κ3) is 6.32. The molecule has 0 amide bonds. The molecule has 11 aromatic rings. The van der Waals surface area contributed by atoms with Gasteiger partial charge in [-0.1, -0.05) is 152 Å². The molecule has 0 saturated carbocycles. The van der Waals surface area contributed by atoms with E-state index in [0.717, 1.165) is 89.5 Å². The molecular formula is C59H41N3O2. The van der Waals surface area contributed by atoms with E-state index in [-0.39, 0.29) is 5.92 Å². The molecule has 0 bridgehead atoms. The van der Waals surface area contributed by atoms with Gasteiger partial charge in [-0.3, -0.25) is 0 Å². The molecule has 8 aromatic carbocycles. The number of amidine groups is 1. The third-order valence-electron chi connectivity index (χ3n) is 12.7. The van der Waals surface area contributed by atoms with E-state index in [1.807, 2.05) is 61.5 Å². The molecule has 0 fully saturated rings. The van der Waals surface area contributed by atoms with Gasteiger partial charge in [0.1, 0.15) is 22.3 Å². The molecular weight excluding hydrogens is 783 g/mol. The molecule has 5 nitrogen and oxygen atoms in total. The van der Waals surface area contributed by atoms with Crippen LogP contribution in [0.1, 0.15) is 41.5 Å². The van der Waals surface area contributed by atoms with Crippen LogP contribution in [-0.4, -0.2) is 16.1 Å². The van der Waals surface area contributed by atoms with Crippen LogP contribution in [0.25, 0.3) is 89.4 Å². The van der Waals surface area contributed by atoms with Crippen molar-refractivity contribution in [2.75, 3.05) is 0 Å². The van der Waals surface area contributed by atoms with Crippen molar-refractivity contribution in [1.29, 1.82) is 0 Å². The number of benzene rings is 8. The highest BCUT2D eigenvalue weighted by atomic mass is 16.3. The third-order valence-corrected chi connectivity index (χ3v) is 12.7. The molecule has 0 saturated heterocycles. The topological polar surface area (TPSA) is 55.9 Å². The molecule has 0 aliphatic heterocycles. The van der Waals surface area contributed by atoms with Crippen molar-refractivity contribution < 1.29 is 8.83 Å². The van der Waals surface area contributed by atoms with Crippen LogP contribution in [0.2, 0.25) is 0 Å². The lowest BCUT2D eigenvalue weighted by molar-refractivity contribution is 0.668. The van der Waals surface area contributed by atoms with E-state index in [0.29, 0.717) is 11.5 Å². The van der Waals surface area contributed by atoms with Gasteiger partial charge in [0, 0.05) is 60.6 Å². The first kappa shape index (κ1) is 37.5. The van der Waals surface area contributed by atoms with Gasteiger partial charge in [-0.15, -0.1) is 0 Å². The summed E-state index contributed by atoms with van der Waals surface area (Å²) in [6.07, 6.45) is 5.76. The Bertz CT molecular complexity index is 3830. The minimum Gasteiger partial charge on any atom is -0.456 e. The van der Waals surface area contributed by atoms with Crippen LogP contribution in [0.4, 0.5) is 0 Å². The zero-order chi connectivity index (χ0) is 42.7. The summed E-state index contributed by atoms with van der Waals surface area (Å²) in [6.45, 7) is 6.48. The minimum absolute atomic E-state index is 0.164. The first-order valence-corrected chi connectivity index (χ1v) is 21.8. The van der Waals surface area contributed by atoms with Gasteiger partial charge in [-0.05, 0) is 90.2 Å². The zero-order valence-corrected chi connectivity index (χ0v) is 35.2. The zero-order valence-electron chi connectivity index (χ0n) is 35.2. The smallest absolute Gasteiger partial charge is 0.160 e. The van der Waals surface area contributed by atoms with E-state index in [4.69, 9.17) is 18.8 Å². The summed E-state index contributed by atoms with van der Waals surface area (Å²) >= 11 is 0. The second-order valence-electron chi connectivity index (χ2n) is 16.5. The van der Waals surface area contributed by atoms with E-state index in [9.17, 15) is 0 Å². The lowest BCUT2D eigenvalue weighted by Crippen LogP contribution is -2.31. The summed E-state index contributed by atoms with van der Waals surface area (Å²) in [5.41, 5.74) is 13.6. The Morgan fingerprint density at radius 2 is 1.22 bits per heavy atom. The van der Waals surface area contributed by atoms with E-state index >= 15 is 0 Å². The number of aromatic nitrogens is 1. The standard InChI is InChI=1S/C59H41N3O2/c1-37(39-16-6-3-7-17-39)60-59(40-18-8-4-9-19-40)61-38(2)41-20-14-21-44(34-41)46-25-15-27-54-56(46)50-36-43(29-32-53(50)64-54)42-28-31-51-49(35-42)47-30-33-55-57(48-24-12-13-26-52(48)63-55)58(47)62(51)45-22-10-5-11-23-45/h3-27,29-36,42H,2,28H2,1H3. The number of nitrogens with zero attached hydrogens (tertiary/aromatic N) is 3. The fourth-order valence-corrected chi connectivity index (χ4v) is 9.61. The molecule has 64 heavy (non-hydrogen) atoms. The van der Waals surface area contributed by atoms with Crippen molar-refractivity contribution in [3.63, 3.8) is 0 Å². The lowest BCUT2D eigenvalue weighted by Gasteiger charge is -2.15. The molecule has 1 aliphatic carbocycles. The summed E-state index contributed by atoms with van der Waals surface area (Å²) in [4.78, 5) is 10.1. The second-order valence-corrected chi connectivity index (χ2v) is 16.5. The van der Waals surface area contributed by atoms with Crippen molar-refractivity contribution in [2.45, 2.75) is 19.3 Å². The number of hydrogen-bond acceptors (Lipinski definition) is 3. The summed E-state index contributed by atoms with van der Waals surface area (Å²) in [7, 11) is 0. The van der Waals surface area contributed by atoms with Gasteiger partial charge < -0.3 is 13.4 Å². The van der Waals surface area contributed by atoms with Crippen molar-refractivity contribution in [3.05, 3.63) is 227 Å². The molecule has 12 rings (SSSR count). The van der Waals surface area contributed by atoms with Crippen LogP contribution < -0.4 is 10.6 Å². The highest BCUT2D eigenvalue weighted by molar-refractivity contribution is 6.19. The van der Waals surface area contributed by atoms with E-state index in [1.165, 1.54) is 27.0 Å². The van der Waals surface area contributed by atoms with Crippen molar-refractivity contribution in [2.24, 2.45) is 9.98 Å². The maximum absolute atomic E-state index is 6.56. The normalized spacial score (nSPS) is 14.3. The lowest BCUT2D eigenvalue weighted by atomic mass is 9.90. The number of aliphatic imine (C=N–C) groups is 2. The fourth-order valence-electron chi connectivity index (χ4n) is 9.61. The van der Waals surface area contributed by atoms with Crippen LogP contribution in [-0.2, 0) is 0 Å². The SMILES string of the molecule is C=C(N=C(N=C(C)c1ccccc1)c1ccccc1)c1cccc(-c2cccc3oc4ccc(C5C=c6c(n(-c7ccccc7)c7c6ccc6oc8ccccc8c67)=CC5)cc4c23)c1. The summed E-state index contributed by atoms with van der Waals surface area (Å²) < 4.78 is 15.4. The Morgan fingerprint density at radius 3 is 2.03 bits per heavy atom. The highest BCUT2D eigenvalue weighted by Gasteiger charge is 2.22. The monoisotopic (exact) mass is 823 g/mol. The Morgan fingerprint density at radius 1 is 0.562 bits per heavy atom. The van der Waals surface area contributed by atoms with Gasteiger partial charge in [0.05, 0.1) is 16.6 Å². The van der Waals surface area contributed by atoms with Crippen LogP contribution in [0.5, 0.6) is 0 Å². The van der Waals surface area contributed by atoms with Gasteiger partial charge in [0.15, 0.2) is 5.84 Å². The molecule has 0 N–H and O–H groups in total. The summed E-state index contributed by atoms with van der Waals surface area (Å²) in [5, 5.41) is 8.14. The number of furan rings is 2. The van der Waals surface area contributed by atoms with E-state index in [2.05, 4.69) is 157 Å². The summed E-state index contributed by atoms with van der Waals surface area (Å²) in [6, 6.07) is 65.2. The van der Waals surface area contributed by atoms with Crippen molar-refractivity contribution >= 4 is 84.2 Å².